The first-order chi connectivity index (χ1) is 13.6. The van der Waals surface area contributed by atoms with Crippen molar-refractivity contribution in [3.8, 4) is 11.5 Å². The number of piperidine rings is 1. The van der Waals surface area contributed by atoms with Crippen LogP contribution in [0.4, 0.5) is 5.69 Å². The van der Waals surface area contributed by atoms with Gasteiger partial charge in [-0.1, -0.05) is 24.3 Å². The molecule has 6 nitrogen and oxygen atoms in total. The Balaban J connectivity index is 1.48. The Labute approximate surface area is 165 Å². The third-order valence-corrected chi connectivity index (χ3v) is 4.67. The number of benzene rings is 2. The lowest BCUT2D eigenvalue weighted by molar-refractivity contribution is -0.149. The van der Waals surface area contributed by atoms with Crippen molar-refractivity contribution in [2.24, 2.45) is 5.92 Å². The summed E-state index contributed by atoms with van der Waals surface area (Å²) in [6.07, 6.45) is 1.46. The number of amides is 1. The third kappa shape index (κ3) is 5.82. The summed E-state index contributed by atoms with van der Waals surface area (Å²) in [5.41, 5.74) is 0.694. The van der Waals surface area contributed by atoms with E-state index in [0.717, 1.165) is 18.6 Å². The lowest BCUT2D eigenvalue weighted by Crippen LogP contribution is -2.41. The van der Waals surface area contributed by atoms with Crippen LogP contribution in [-0.4, -0.2) is 43.0 Å². The number of hydrogen-bond acceptors (Lipinski definition) is 5. The number of anilines is 1. The van der Waals surface area contributed by atoms with Crippen molar-refractivity contribution in [1.29, 1.82) is 0 Å². The molecule has 0 unspecified atom stereocenters. The number of likely N-dealkylation sites (tertiary alicyclic amines) is 1. The van der Waals surface area contributed by atoms with E-state index in [1.807, 2.05) is 55.5 Å². The monoisotopic (exact) mass is 382 g/mol. The van der Waals surface area contributed by atoms with Crippen LogP contribution in [0.5, 0.6) is 11.5 Å². The SMILES string of the molecule is CCOC(=O)C1CCN(CC(=O)Nc2cccc(Oc3ccccc3)c2)CC1. The Morgan fingerprint density at radius 3 is 2.46 bits per heavy atom. The van der Waals surface area contributed by atoms with Crippen molar-refractivity contribution in [1.82, 2.24) is 4.90 Å². The molecule has 28 heavy (non-hydrogen) atoms. The van der Waals surface area contributed by atoms with Crippen LogP contribution in [-0.2, 0) is 14.3 Å². The molecule has 1 aliphatic rings. The number of rotatable bonds is 7. The quantitative estimate of drug-likeness (QED) is 0.740. The van der Waals surface area contributed by atoms with E-state index in [1.54, 1.807) is 6.07 Å². The number of para-hydroxylation sites is 1. The maximum absolute atomic E-state index is 12.4. The van der Waals surface area contributed by atoms with Gasteiger partial charge in [-0.3, -0.25) is 14.5 Å². The highest BCUT2D eigenvalue weighted by Crippen LogP contribution is 2.24. The number of hydrogen-bond donors (Lipinski definition) is 1. The summed E-state index contributed by atoms with van der Waals surface area (Å²) in [6, 6.07) is 16.8. The van der Waals surface area contributed by atoms with Crippen molar-refractivity contribution in [2.75, 3.05) is 31.6 Å². The Bertz CT molecular complexity index is 786. The summed E-state index contributed by atoms with van der Waals surface area (Å²) < 4.78 is 10.9. The molecule has 2 aromatic carbocycles. The van der Waals surface area contributed by atoms with E-state index in [2.05, 4.69) is 10.2 Å². The fourth-order valence-corrected chi connectivity index (χ4v) is 3.25. The molecule has 0 atom stereocenters. The van der Waals surface area contributed by atoms with E-state index in [9.17, 15) is 9.59 Å². The largest absolute Gasteiger partial charge is 0.466 e. The Morgan fingerprint density at radius 2 is 1.75 bits per heavy atom. The second-order valence-corrected chi connectivity index (χ2v) is 6.79. The van der Waals surface area contributed by atoms with Crippen LogP contribution in [0.2, 0.25) is 0 Å². The normalized spacial score (nSPS) is 15.0. The predicted molar refractivity (Wildman–Crippen MR) is 107 cm³/mol. The highest BCUT2D eigenvalue weighted by Gasteiger charge is 2.26. The average molecular weight is 382 g/mol. The molecule has 2 aromatic rings. The van der Waals surface area contributed by atoms with Crippen molar-refractivity contribution in [3.63, 3.8) is 0 Å². The minimum atomic E-state index is -0.123. The van der Waals surface area contributed by atoms with E-state index in [-0.39, 0.29) is 17.8 Å². The highest BCUT2D eigenvalue weighted by atomic mass is 16.5. The number of carbonyl (C=O) groups excluding carboxylic acids is 2. The molecule has 1 heterocycles. The summed E-state index contributed by atoms with van der Waals surface area (Å²) in [6.45, 7) is 3.97. The zero-order chi connectivity index (χ0) is 19.8. The van der Waals surface area contributed by atoms with Gasteiger partial charge in [0.25, 0.3) is 0 Å². The van der Waals surface area contributed by atoms with Crippen molar-refractivity contribution >= 4 is 17.6 Å². The first-order valence-electron chi connectivity index (χ1n) is 9.66. The minimum Gasteiger partial charge on any atom is -0.466 e. The molecular weight excluding hydrogens is 356 g/mol. The average Bonchev–Trinajstić information content (AvgIpc) is 2.70. The molecule has 6 heteroatoms. The Morgan fingerprint density at radius 1 is 1.04 bits per heavy atom. The molecule has 148 valence electrons. The van der Waals surface area contributed by atoms with Crippen LogP contribution in [0.1, 0.15) is 19.8 Å². The molecule has 0 saturated carbocycles. The van der Waals surface area contributed by atoms with Crippen LogP contribution in [0, 0.1) is 5.92 Å². The van der Waals surface area contributed by atoms with Gasteiger partial charge in [0.1, 0.15) is 11.5 Å². The number of nitrogens with zero attached hydrogens (tertiary/aromatic N) is 1. The third-order valence-electron chi connectivity index (χ3n) is 4.67. The number of carbonyl (C=O) groups is 2. The van der Waals surface area contributed by atoms with E-state index in [4.69, 9.17) is 9.47 Å². The summed E-state index contributed by atoms with van der Waals surface area (Å²) in [5.74, 6) is 1.16. The summed E-state index contributed by atoms with van der Waals surface area (Å²) >= 11 is 0. The smallest absolute Gasteiger partial charge is 0.309 e. The van der Waals surface area contributed by atoms with E-state index >= 15 is 0 Å². The predicted octanol–water partition coefficient (Wildman–Crippen LogP) is 3.69. The molecule has 1 amide bonds. The number of nitrogens with one attached hydrogen (secondary N) is 1. The second-order valence-electron chi connectivity index (χ2n) is 6.79. The first kappa shape index (κ1) is 19.9. The molecule has 0 radical (unpaired) electrons. The van der Waals surface area contributed by atoms with Crippen molar-refractivity contribution in [2.45, 2.75) is 19.8 Å². The molecular formula is C22H26N2O4. The van der Waals surface area contributed by atoms with Crippen molar-refractivity contribution < 1.29 is 19.1 Å². The van der Waals surface area contributed by atoms with Crippen LogP contribution >= 0.6 is 0 Å². The van der Waals surface area contributed by atoms with Crippen molar-refractivity contribution in [3.05, 3.63) is 54.6 Å². The molecule has 1 fully saturated rings. The fraction of sp³-hybridized carbons (Fsp3) is 0.364. The van der Waals surface area contributed by atoms with Gasteiger partial charge in [-0.15, -0.1) is 0 Å². The summed E-state index contributed by atoms with van der Waals surface area (Å²) in [4.78, 5) is 26.2. The van der Waals surface area contributed by atoms with Crippen LogP contribution in [0.15, 0.2) is 54.6 Å². The number of ether oxygens (including phenoxy) is 2. The Kier molecular flexibility index (Phi) is 7.03. The second kappa shape index (κ2) is 9.90. The van der Waals surface area contributed by atoms with Gasteiger partial charge >= 0.3 is 5.97 Å². The molecule has 1 N–H and O–H groups in total. The molecule has 0 spiro atoms. The van der Waals surface area contributed by atoms with Gasteiger partial charge in [-0.2, -0.15) is 0 Å². The van der Waals surface area contributed by atoms with Gasteiger partial charge in [0, 0.05) is 11.8 Å². The van der Waals surface area contributed by atoms with Gasteiger partial charge in [0.15, 0.2) is 0 Å². The van der Waals surface area contributed by atoms with Gasteiger partial charge < -0.3 is 14.8 Å². The molecule has 0 aromatic heterocycles. The first-order valence-corrected chi connectivity index (χ1v) is 9.66. The maximum atomic E-state index is 12.4. The molecule has 0 bridgehead atoms. The highest BCUT2D eigenvalue weighted by molar-refractivity contribution is 5.92. The zero-order valence-corrected chi connectivity index (χ0v) is 16.1. The van der Waals surface area contributed by atoms with E-state index < -0.39 is 0 Å². The van der Waals surface area contributed by atoms with Crippen LogP contribution in [0.3, 0.4) is 0 Å². The Hall–Kier alpha value is -2.86. The lowest BCUT2D eigenvalue weighted by atomic mass is 9.97. The molecule has 1 saturated heterocycles. The molecule has 0 aliphatic carbocycles. The molecule has 3 rings (SSSR count). The van der Waals surface area contributed by atoms with Crippen LogP contribution in [0.25, 0.3) is 0 Å². The van der Waals surface area contributed by atoms with Gasteiger partial charge in [-0.25, -0.2) is 0 Å². The standard InChI is InChI=1S/C22H26N2O4/c1-2-27-22(26)17-11-13-24(14-12-17)16-21(25)23-18-7-6-10-20(15-18)28-19-8-4-3-5-9-19/h3-10,15,17H,2,11-14,16H2,1H3,(H,23,25). The fourth-order valence-electron chi connectivity index (χ4n) is 3.25. The number of esters is 1. The van der Waals surface area contributed by atoms with Gasteiger partial charge in [-0.05, 0) is 57.1 Å². The topological polar surface area (TPSA) is 67.9 Å². The minimum absolute atomic E-state index is 0.0499. The molecule has 1 aliphatic heterocycles. The lowest BCUT2D eigenvalue weighted by Gasteiger charge is -2.30. The van der Waals surface area contributed by atoms with E-state index in [1.165, 1.54) is 0 Å². The van der Waals surface area contributed by atoms with Gasteiger partial charge in [0.05, 0.1) is 19.1 Å². The summed E-state index contributed by atoms with van der Waals surface area (Å²) in [7, 11) is 0. The summed E-state index contributed by atoms with van der Waals surface area (Å²) in [5, 5.41) is 2.92. The van der Waals surface area contributed by atoms with Crippen LogP contribution < -0.4 is 10.1 Å². The van der Waals surface area contributed by atoms with E-state index in [0.29, 0.717) is 37.7 Å². The zero-order valence-electron chi connectivity index (χ0n) is 16.1. The maximum Gasteiger partial charge on any atom is 0.309 e. The van der Waals surface area contributed by atoms with Gasteiger partial charge in [0.2, 0.25) is 5.91 Å².